The number of rotatable bonds is 5. The fraction of sp³-hybridized carbons (Fsp3) is 1.00. The van der Waals surface area contributed by atoms with Crippen molar-refractivity contribution in [3.8, 4) is 0 Å². The third kappa shape index (κ3) is 2.77. The normalized spacial score (nSPS) is 29.5. The molecule has 0 aromatic rings. The number of hydroxylamine groups is 2. The van der Waals surface area contributed by atoms with E-state index in [1.165, 1.54) is 0 Å². The van der Waals surface area contributed by atoms with Crippen LogP contribution >= 0.6 is 0 Å². The van der Waals surface area contributed by atoms with Crippen LogP contribution in [0.4, 0.5) is 0 Å². The van der Waals surface area contributed by atoms with E-state index in [4.69, 9.17) is 4.84 Å². The third-order valence-electron chi connectivity index (χ3n) is 2.04. The Morgan fingerprint density at radius 2 is 2.09 bits per heavy atom. The van der Waals surface area contributed by atoms with Gasteiger partial charge < -0.3 is 5.32 Å². The number of hydrogen-bond donors (Lipinski definition) is 1. The largest absolute Gasteiger partial charge is 0.307 e. The molecule has 1 rings (SSSR count). The Kier molecular flexibility index (Phi) is 3.30. The topological polar surface area (TPSA) is 34.4 Å². The molecule has 0 aliphatic carbocycles. The van der Waals surface area contributed by atoms with E-state index in [-0.39, 0.29) is 0 Å². The fourth-order valence-electron chi connectivity index (χ4n) is 1.17. The van der Waals surface area contributed by atoms with Crippen LogP contribution in [0.5, 0.6) is 0 Å². The predicted molar refractivity (Wildman–Crippen MR) is 45.3 cm³/mol. The van der Waals surface area contributed by atoms with Gasteiger partial charge in [-0.25, -0.2) is 0 Å². The van der Waals surface area contributed by atoms with Crippen LogP contribution in [-0.2, 0) is 4.84 Å². The molecule has 0 radical (unpaired) electrons. The van der Waals surface area contributed by atoms with Crippen LogP contribution in [-0.4, -0.2) is 36.8 Å². The Balaban J connectivity index is 2.10. The van der Waals surface area contributed by atoms with Gasteiger partial charge in [-0.3, -0.25) is 4.84 Å². The van der Waals surface area contributed by atoms with Crippen LogP contribution < -0.4 is 5.32 Å². The summed E-state index contributed by atoms with van der Waals surface area (Å²) in [5.41, 5.74) is 0. The van der Waals surface area contributed by atoms with Crippen molar-refractivity contribution in [3.63, 3.8) is 0 Å². The van der Waals surface area contributed by atoms with Gasteiger partial charge in [-0.15, -0.1) is 0 Å². The number of nitrogens with one attached hydrogen (secondary N) is 1. The van der Waals surface area contributed by atoms with Gasteiger partial charge in [-0.2, -0.15) is 5.06 Å². The molecule has 3 heteroatoms. The first-order valence-electron chi connectivity index (χ1n) is 4.41. The third-order valence-corrected chi connectivity index (χ3v) is 2.04. The van der Waals surface area contributed by atoms with Gasteiger partial charge in [0.2, 0.25) is 0 Å². The van der Waals surface area contributed by atoms with Crippen LogP contribution in [0.25, 0.3) is 0 Å². The van der Waals surface area contributed by atoms with Gasteiger partial charge in [-0.05, 0) is 13.8 Å². The lowest BCUT2D eigenvalue weighted by molar-refractivity contribution is -0.150. The van der Waals surface area contributed by atoms with E-state index in [0.717, 1.165) is 19.7 Å². The first-order chi connectivity index (χ1) is 5.27. The fourth-order valence-corrected chi connectivity index (χ4v) is 1.17. The van der Waals surface area contributed by atoms with Gasteiger partial charge in [0.1, 0.15) is 0 Å². The van der Waals surface area contributed by atoms with Crippen LogP contribution in [0.3, 0.4) is 0 Å². The lowest BCUT2D eigenvalue weighted by Crippen LogP contribution is -2.29. The Morgan fingerprint density at radius 3 is 2.45 bits per heavy atom. The second-order valence-electron chi connectivity index (χ2n) is 2.96. The molecule has 0 amide bonds. The Bertz CT molecular complexity index is 119. The molecule has 0 spiro atoms. The van der Waals surface area contributed by atoms with Gasteiger partial charge in [-0.1, -0.05) is 6.92 Å². The maximum absolute atomic E-state index is 5.38. The van der Waals surface area contributed by atoms with E-state index in [9.17, 15) is 0 Å². The van der Waals surface area contributed by atoms with Gasteiger partial charge in [0.15, 0.2) is 0 Å². The molecule has 2 unspecified atom stereocenters. The van der Waals surface area contributed by atoms with Crippen molar-refractivity contribution in [1.82, 2.24) is 10.4 Å². The van der Waals surface area contributed by atoms with E-state index in [2.05, 4.69) is 19.2 Å². The molecule has 0 saturated carbocycles. The maximum Gasteiger partial charge on any atom is 0.0656 e. The lowest BCUT2D eigenvalue weighted by atomic mass is 10.3. The molecule has 1 aliphatic rings. The summed E-state index contributed by atoms with van der Waals surface area (Å²) in [7, 11) is 0. The summed E-state index contributed by atoms with van der Waals surface area (Å²) in [6, 6.07) is 1.34. The van der Waals surface area contributed by atoms with Crippen molar-refractivity contribution in [2.45, 2.75) is 32.9 Å². The molecule has 66 valence electrons. The molecule has 0 aromatic heterocycles. The molecule has 3 nitrogen and oxygen atoms in total. The quantitative estimate of drug-likeness (QED) is 0.470. The predicted octanol–water partition coefficient (Wildman–Crippen LogP) is 0.620. The molecule has 1 fully saturated rings. The van der Waals surface area contributed by atoms with E-state index < -0.39 is 0 Å². The van der Waals surface area contributed by atoms with E-state index >= 15 is 0 Å². The zero-order valence-corrected chi connectivity index (χ0v) is 7.63. The second kappa shape index (κ2) is 4.04. The first-order valence-corrected chi connectivity index (χ1v) is 4.41. The Hall–Kier alpha value is -0.120. The number of nitrogens with zero attached hydrogens (tertiary/aromatic N) is 1. The molecule has 1 heterocycles. The zero-order chi connectivity index (χ0) is 8.27. The monoisotopic (exact) mass is 158 g/mol. The molecule has 1 saturated heterocycles. The molecule has 1 N–H and O–H groups in total. The van der Waals surface area contributed by atoms with Gasteiger partial charge in [0, 0.05) is 25.2 Å². The zero-order valence-electron chi connectivity index (χ0n) is 7.63. The van der Waals surface area contributed by atoms with Crippen molar-refractivity contribution < 1.29 is 4.84 Å². The summed E-state index contributed by atoms with van der Waals surface area (Å²) in [4.78, 5) is 5.38. The number of hydrogen-bond acceptors (Lipinski definition) is 3. The van der Waals surface area contributed by atoms with Crippen LogP contribution in [0.1, 0.15) is 20.8 Å². The van der Waals surface area contributed by atoms with Crippen molar-refractivity contribution in [3.05, 3.63) is 0 Å². The lowest BCUT2D eigenvalue weighted by Gasteiger charge is -2.17. The first kappa shape index (κ1) is 8.97. The average Bonchev–Trinajstić information content (AvgIpc) is 2.66. The minimum Gasteiger partial charge on any atom is -0.307 e. The van der Waals surface area contributed by atoms with Crippen LogP contribution in [0.2, 0.25) is 0 Å². The Labute approximate surface area is 68.7 Å². The summed E-state index contributed by atoms with van der Waals surface area (Å²) < 4.78 is 0. The average molecular weight is 158 g/mol. The maximum atomic E-state index is 5.38. The summed E-state index contributed by atoms with van der Waals surface area (Å²) in [6.45, 7) is 9.10. The van der Waals surface area contributed by atoms with Crippen molar-refractivity contribution in [2.24, 2.45) is 0 Å². The highest BCUT2D eigenvalue weighted by molar-refractivity contribution is 4.95. The molecular weight excluding hydrogens is 140 g/mol. The minimum atomic E-state index is 0.654. The standard InChI is InChI=1S/C8H18N2O/c1-4-10(11-5-2)6-8-7(3)9-8/h7-9H,4-6H2,1-3H3. The SMILES string of the molecule is CCON(CC)CC1NC1C. The molecular formula is C8H18N2O. The van der Waals surface area contributed by atoms with Gasteiger partial charge >= 0.3 is 0 Å². The van der Waals surface area contributed by atoms with Crippen molar-refractivity contribution in [1.29, 1.82) is 0 Å². The number of likely N-dealkylation sites (N-methyl/N-ethyl adjacent to an activating group) is 1. The highest BCUT2D eigenvalue weighted by Gasteiger charge is 2.32. The van der Waals surface area contributed by atoms with Gasteiger partial charge in [0.25, 0.3) is 0 Å². The van der Waals surface area contributed by atoms with E-state index in [1.807, 2.05) is 12.0 Å². The van der Waals surface area contributed by atoms with E-state index in [0.29, 0.717) is 12.1 Å². The van der Waals surface area contributed by atoms with Gasteiger partial charge in [0.05, 0.1) is 6.61 Å². The summed E-state index contributed by atoms with van der Waals surface area (Å²) in [5.74, 6) is 0. The highest BCUT2D eigenvalue weighted by Crippen LogP contribution is 2.10. The minimum absolute atomic E-state index is 0.654. The molecule has 0 bridgehead atoms. The molecule has 1 aliphatic heterocycles. The summed E-state index contributed by atoms with van der Waals surface area (Å²) in [5, 5.41) is 5.35. The molecule has 11 heavy (non-hydrogen) atoms. The summed E-state index contributed by atoms with van der Waals surface area (Å²) in [6.07, 6.45) is 0. The molecule has 2 atom stereocenters. The van der Waals surface area contributed by atoms with Crippen LogP contribution in [0, 0.1) is 0 Å². The smallest absolute Gasteiger partial charge is 0.0656 e. The molecule has 0 aromatic carbocycles. The van der Waals surface area contributed by atoms with Crippen molar-refractivity contribution >= 4 is 0 Å². The summed E-state index contributed by atoms with van der Waals surface area (Å²) >= 11 is 0. The van der Waals surface area contributed by atoms with Crippen LogP contribution in [0.15, 0.2) is 0 Å². The second-order valence-corrected chi connectivity index (χ2v) is 2.96. The highest BCUT2D eigenvalue weighted by atomic mass is 16.7. The van der Waals surface area contributed by atoms with E-state index in [1.54, 1.807) is 0 Å². The Morgan fingerprint density at radius 1 is 1.45 bits per heavy atom. The van der Waals surface area contributed by atoms with Crippen molar-refractivity contribution in [2.75, 3.05) is 19.7 Å².